The van der Waals surface area contributed by atoms with Gasteiger partial charge in [0.25, 0.3) is 5.69 Å². The van der Waals surface area contributed by atoms with Crippen molar-refractivity contribution in [2.24, 2.45) is 0 Å². The summed E-state index contributed by atoms with van der Waals surface area (Å²) >= 11 is 0. The van der Waals surface area contributed by atoms with Crippen LogP contribution in [0, 0.1) is 17.0 Å². The van der Waals surface area contributed by atoms with Gasteiger partial charge in [0.1, 0.15) is 5.82 Å². The molecule has 1 aliphatic heterocycles. The molecule has 1 N–H and O–H groups in total. The fraction of sp³-hybridized carbons (Fsp3) is 0.304. The molecule has 3 aromatic rings. The number of nitro groups is 1. The Kier molecular flexibility index (Phi) is 7.24. The van der Waals surface area contributed by atoms with Gasteiger partial charge < -0.3 is 10.1 Å². The molecule has 0 unspecified atom stereocenters. The molecule has 0 bridgehead atoms. The standard InChI is InChI=1S/C23H25N5O6S/c1-17-16-22(27(25-17)19-5-7-20(8-6-19)28(30)31)24-23(29)11-4-18-2-9-21(10-3-18)35(32,33)26-12-14-34-15-13-26/h2-3,5-10,16H,4,11-15H2,1H3,(H,24,29). The number of aryl methyl sites for hydroxylation is 2. The molecule has 1 amide bonds. The molecule has 0 radical (unpaired) electrons. The van der Waals surface area contributed by atoms with Gasteiger partial charge in [0, 0.05) is 37.7 Å². The quantitative estimate of drug-likeness (QED) is 0.372. The van der Waals surface area contributed by atoms with Gasteiger partial charge in [-0.3, -0.25) is 14.9 Å². The average molecular weight is 500 g/mol. The summed E-state index contributed by atoms with van der Waals surface area (Å²) in [5.74, 6) is 0.214. The number of non-ortho nitro benzene ring substituents is 1. The summed E-state index contributed by atoms with van der Waals surface area (Å²) in [5, 5.41) is 18.1. The number of carbonyl (C=O) groups is 1. The normalized spacial score (nSPS) is 14.5. The largest absolute Gasteiger partial charge is 0.379 e. The topological polar surface area (TPSA) is 137 Å². The summed E-state index contributed by atoms with van der Waals surface area (Å²) in [6, 6.07) is 14.1. The smallest absolute Gasteiger partial charge is 0.269 e. The number of aromatic nitrogens is 2. The molecule has 0 aliphatic carbocycles. The predicted molar refractivity (Wildman–Crippen MR) is 128 cm³/mol. The Balaban J connectivity index is 1.38. The average Bonchev–Trinajstić information content (AvgIpc) is 3.23. The van der Waals surface area contributed by atoms with Gasteiger partial charge in [0.2, 0.25) is 15.9 Å². The second-order valence-corrected chi connectivity index (χ2v) is 10.0. The van der Waals surface area contributed by atoms with E-state index in [1.54, 1.807) is 49.4 Å². The van der Waals surface area contributed by atoms with Crippen LogP contribution in [0.1, 0.15) is 17.7 Å². The molecular weight excluding hydrogens is 474 g/mol. The first-order chi connectivity index (χ1) is 16.7. The number of rotatable bonds is 8. The number of nitrogens with one attached hydrogen (secondary N) is 1. The number of sulfonamides is 1. The third-order valence-electron chi connectivity index (χ3n) is 5.58. The number of hydrogen-bond donors (Lipinski definition) is 1. The first-order valence-corrected chi connectivity index (χ1v) is 12.5. The van der Waals surface area contributed by atoms with Crippen LogP contribution in [0.25, 0.3) is 5.69 Å². The minimum atomic E-state index is -3.56. The zero-order valence-corrected chi connectivity index (χ0v) is 19.9. The summed E-state index contributed by atoms with van der Waals surface area (Å²) in [6.45, 7) is 3.22. The number of ether oxygens (including phenoxy) is 1. The fourth-order valence-corrected chi connectivity index (χ4v) is 5.14. The van der Waals surface area contributed by atoms with Crippen LogP contribution in [0.2, 0.25) is 0 Å². The number of morpholine rings is 1. The van der Waals surface area contributed by atoms with E-state index in [-0.39, 0.29) is 22.9 Å². The van der Waals surface area contributed by atoms with Gasteiger partial charge in [-0.1, -0.05) is 12.1 Å². The van der Waals surface area contributed by atoms with E-state index in [1.165, 1.54) is 21.1 Å². The van der Waals surface area contributed by atoms with Gasteiger partial charge in [-0.2, -0.15) is 9.40 Å². The van der Waals surface area contributed by atoms with E-state index in [0.29, 0.717) is 49.9 Å². The lowest BCUT2D eigenvalue weighted by molar-refractivity contribution is -0.384. The van der Waals surface area contributed by atoms with E-state index in [9.17, 15) is 23.3 Å². The third-order valence-corrected chi connectivity index (χ3v) is 7.49. The van der Waals surface area contributed by atoms with Crippen LogP contribution in [0.4, 0.5) is 11.5 Å². The molecule has 0 atom stereocenters. The molecule has 35 heavy (non-hydrogen) atoms. The second-order valence-electron chi connectivity index (χ2n) is 8.06. The van der Waals surface area contributed by atoms with Crippen molar-refractivity contribution in [1.29, 1.82) is 0 Å². The summed E-state index contributed by atoms with van der Waals surface area (Å²) in [7, 11) is -3.56. The van der Waals surface area contributed by atoms with Gasteiger partial charge in [0.15, 0.2) is 0 Å². The molecule has 2 aromatic carbocycles. The molecule has 4 rings (SSSR count). The maximum Gasteiger partial charge on any atom is 0.269 e. The van der Waals surface area contributed by atoms with E-state index < -0.39 is 14.9 Å². The van der Waals surface area contributed by atoms with E-state index in [2.05, 4.69) is 10.4 Å². The molecule has 1 saturated heterocycles. The fourth-order valence-electron chi connectivity index (χ4n) is 3.73. The molecule has 11 nitrogen and oxygen atoms in total. The maximum atomic E-state index is 12.7. The Morgan fingerprint density at radius 3 is 2.40 bits per heavy atom. The summed E-state index contributed by atoms with van der Waals surface area (Å²) < 4.78 is 33.6. The van der Waals surface area contributed by atoms with E-state index in [4.69, 9.17) is 4.74 Å². The Morgan fingerprint density at radius 2 is 1.77 bits per heavy atom. The molecule has 184 valence electrons. The lowest BCUT2D eigenvalue weighted by atomic mass is 10.1. The van der Waals surface area contributed by atoms with Crippen LogP contribution in [-0.2, 0) is 26.0 Å². The molecule has 1 aromatic heterocycles. The van der Waals surface area contributed by atoms with Crippen molar-refractivity contribution in [1.82, 2.24) is 14.1 Å². The van der Waals surface area contributed by atoms with Crippen LogP contribution in [0.15, 0.2) is 59.5 Å². The lowest BCUT2D eigenvalue weighted by Gasteiger charge is -2.26. The number of amides is 1. The first kappa shape index (κ1) is 24.5. The van der Waals surface area contributed by atoms with Crippen molar-refractivity contribution < 1.29 is 22.9 Å². The monoisotopic (exact) mass is 499 g/mol. The van der Waals surface area contributed by atoms with Crippen LogP contribution in [-0.4, -0.2) is 59.6 Å². The Bertz CT molecular complexity index is 1310. The highest BCUT2D eigenvalue weighted by molar-refractivity contribution is 7.89. The number of hydrogen-bond acceptors (Lipinski definition) is 7. The van der Waals surface area contributed by atoms with Crippen LogP contribution >= 0.6 is 0 Å². The molecule has 1 fully saturated rings. The highest BCUT2D eigenvalue weighted by Gasteiger charge is 2.26. The van der Waals surface area contributed by atoms with Gasteiger partial charge >= 0.3 is 0 Å². The van der Waals surface area contributed by atoms with Crippen LogP contribution < -0.4 is 5.32 Å². The summed E-state index contributed by atoms with van der Waals surface area (Å²) in [5.41, 5.74) is 2.06. The second kappa shape index (κ2) is 10.3. The van der Waals surface area contributed by atoms with E-state index in [1.807, 2.05) is 0 Å². The lowest BCUT2D eigenvalue weighted by Crippen LogP contribution is -2.40. The number of carbonyl (C=O) groups excluding carboxylic acids is 1. The van der Waals surface area contributed by atoms with Crippen molar-refractivity contribution in [3.63, 3.8) is 0 Å². The van der Waals surface area contributed by atoms with Gasteiger partial charge in [-0.25, -0.2) is 13.1 Å². The molecule has 0 spiro atoms. The predicted octanol–water partition coefficient (Wildman–Crippen LogP) is 2.68. The Hall–Kier alpha value is -3.61. The van der Waals surface area contributed by atoms with Crippen LogP contribution in [0.3, 0.4) is 0 Å². The Labute approximate surface area is 202 Å². The minimum absolute atomic E-state index is 0.0352. The molecule has 1 aliphatic rings. The molecule has 2 heterocycles. The zero-order chi connectivity index (χ0) is 25.0. The minimum Gasteiger partial charge on any atom is -0.379 e. The molecular formula is C23H25N5O6S. The first-order valence-electron chi connectivity index (χ1n) is 11.0. The van der Waals surface area contributed by atoms with Crippen molar-refractivity contribution in [2.75, 3.05) is 31.6 Å². The van der Waals surface area contributed by atoms with Crippen LogP contribution in [0.5, 0.6) is 0 Å². The zero-order valence-electron chi connectivity index (χ0n) is 19.1. The van der Waals surface area contributed by atoms with Crippen molar-refractivity contribution in [3.05, 3.63) is 76.0 Å². The van der Waals surface area contributed by atoms with Crippen molar-refractivity contribution in [3.8, 4) is 5.69 Å². The van der Waals surface area contributed by atoms with Gasteiger partial charge in [-0.15, -0.1) is 0 Å². The SMILES string of the molecule is Cc1cc(NC(=O)CCc2ccc(S(=O)(=O)N3CCOCC3)cc2)n(-c2ccc([N+](=O)[O-])cc2)n1. The number of nitrogens with zero attached hydrogens (tertiary/aromatic N) is 4. The van der Waals surface area contributed by atoms with Gasteiger partial charge in [-0.05, 0) is 43.2 Å². The van der Waals surface area contributed by atoms with Gasteiger partial charge in [0.05, 0.1) is 34.4 Å². The molecule has 0 saturated carbocycles. The van der Waals surface area contributed by atoms with E-state index >= 15 is 0 Å². The summed E-state index contributed by atoms with van der Waals surface area (Å²) in [6.07, 6.45) is 0.606. The number of benzene rings is 2. The number of nitro benzene ring substituents is 1. The maximum absolute atomic E-state index is 12.7. The highest BCUT2D eigenvalue weighted by Crippen LogP contribution is 2.21. The molecule has 12 heteroatoms. The summed E-state index contributed by atoms with van der Waals surface area (Å²) in [4.78, 5) is 23.2. The highest BCUT2D eigenvalue weighted by atomic mass is 32.2. The third kappa shape index (κ3) is 5.73. The van der Waals surface area contributed by atoms with Crippen molar-refractivity contribution in [2.45, 2.75) is 24.7 Å². The Morgan fingerprint density at radius 1 is 1.11 bits per heavy atom. The van der Waals surface area contributed by atoms with Crippen molar-refractivity contribution >= 4 is 27.4 Å². The van der Waals surface area contributed by atoms with E-state index in [0.717, 1.165) is 5.56 Å². The number of anilines is 1.